The summed E-state index contributed by atoms with van der Waals surface area (Å²) in [6, 6.07) is 7.92. The van der Waals surface area contributed by atoms with Crippen molar-refractivity contribution in [1.82, 2.24) is 0 Å². The van der Waals surface area contributed by atoms with E-state index in [9.17, 15) is 4.79 Å². The number of rotatable bonds is 8. The van der Waals surface area contributed by atoms with Gasteiger partial charge < -0.3 is 15.2 Å². The molecule has 1 rings (SSSR count). The van der Waals surface area contributed by atoms with Gasteiger partial charge in [0.05, 0.1) is 13.2 Å². The van der Waals surface area contributed by atoms with Crippen molar-refractivity contribution in [2.24, 2.45) is 5.73 Å². The number of carbonyl (C=O) groups is 1. The third kappa shape index (κ3) is 7.14. The molecule has 1 aromatic rings. The molecule has 112 valence electrons. The molecule has 0 aromatic heterocycles. The lowest BCUT2D eigenvalue weighted by Crippen LogP contribution is -2.34. The van der Waals surface area contributed by atoms with E-state index >= 15 is 0 Å². The van der Waals surface area contributed by atoms with Gasteiger partial charge in [0.1, 0.15) is 5.75 Å². The third-order valence-corrected chi connectivity index (χ3v) is 2.68. The second-order valence-electron chi connectivity index (χ2n) is 5.57. The maximum atomic E-state index is 11.1. The van der Waals surface area contributed by atoms with Gasteiger partial charge in [0, 0.05) is 12.0 Å². The molecule has 4 heteroatoms. The molecule has 0 aliphatic heterocycles. The SMILES string of the molecule is CCOC(=O)CCCOc1ccc(CC(C)(C)N)cc1. The van der Waals surface area contributed by atoms with Crippen molar-refractivity contribution in [1.29, 1.82) is 0 Å². The molecule has 0 unspecified atom stereocenters. The Balaban J connectivity index is 2.30. The minimum atomic E-state index is -0.206. The first kappa shape index (κ1) is 16.5. The number of nitrogens with two attached hydrogens (primary N) is 1. The fourth-order valence-electron chi connectivity index (χ4n) is 1.87. The van der Waals surface area contributed by atoms with Gasteiger partial charge in [-0.05, 0) is 51.3 Å². The molecule has 0 spiro atoms. The molecular formula is C16H25NO3. The van der Waals surface area contributed by atoms with E-state index in [-0.39, 0.29) is 11.5 Å². The summed E-state index contributed by atoms with van der Waals surface area (Å²) in [6.45, 7) is 6.76. The molecule has 0 saturated carbocycles. The summed E-state index contributed by atoms with van der Waals surface area (Å²) in [7, 11) is 0. The molecular weight excluding hydrogens is 254 g/mol. The zero-order valence-electron chi connectivity index (χ0n) is 12.6. The van der Waals surface area contributed by atoms with E-state index in [0.29, 0.717) is 26.1 Å². The van der Waals surface area contributed by atoms with E-state index in [0.717, 1.165) is 12.2 Å². The molecule has 1 aromatic carbocycles. The van der Waals surface area contributed by atoms with Gasteiger partial charge in [-0.3, -0.25) is 4.79 Å². The van der Waals surface area contributed by atoms with Gasteiger partial charge in [-0.1, -0.05) is 12.1 Å². The Morgan fingerprint density at radius 2 is 1.90 bits per heavy atom. The van der Waals surface area contributed by atoms with E-state index in [2.05, 4.69) is 0 Å². The molecule has 0 amide bonds. The summed E-state index contributed by atoms with van der Waals surface area (Å²) in [4.78, 5) is 11.1. The molecule has 0 radical (unpaired) electrons. The van der Waals surface area contributed by atoms with Crippen molar-refractivity contribution >= 4 is 5.97 Å². The van der Waals surface area contributed by atoms with Gasteiger partial charge in [-0.15, -0.1) is 0 Å². The van der Waals surface area contributed by atoms with Gasteiger partial charge in [0.15, 0.2) is 0 Å². The van der Waals surface area contributed by atoms with Crippen molar-refractivity contribution < 1.29 is 14.3 Å². The molecule has 0 aliphatic rings. The van der Waals surface area contributed by atoms with Gasteiger partial charge >= 0.3 is 5.97 Å². The molecule has 2 N–H and O–H groups in total. The maximum Gasteiger partial charge on any atom is 0.305 e. The average Bonchev–Trinajstić information content (AvgIpc) is 2.35. The topological polar surface area (TPSA) is 61.5 Å². The predicted molar refractivity (Wildman–Crippen MR) is 79.8 cm³/mol. The summed E-state index contributed by atoms with van der Waals surface area (Å²) in [6.07, 6.45) is 1.89. The largest absolute Gasteiger partial charge is 0.494 e. The molecule has 0 bridgehead atoms. The number of esters is 1. The van der Waals surface area contributed by atoms with Crippen LogP contribution in [0.4, 0.5) is 0 Å². The third-order valence-electron chi connectivity index (χ3n) is 2.68. The molecule has 0 aliphatic carbocycles. The zero-order chi connectivity index (χ0) is 15.0. The highest BCUT2D eigenvalue weighted by atomic mass is 16.5. The minimum absolute atomic E-state index is 0.170. The lowest BCUT2D eigenvalue weighted by atomic mass is 9.96. The van der Waals surface area contributed by atoms with Gasteiger partial charge in [-0.25, -0.2) is 0 Å². The monoisotopic (exact) mass is 279 g/mol. The second-order valence-corrected chi connectivity index (χ2v) is 5.57. The lowest BCUT2D eigenvalue weighted by Gasteiger charge is -2.18. The number of hydrogen-bond acceptors (Lipinski definition) is 4. The van der Waals surface area contributed by atoms with E-state index in [4.69, 9.17) is 15.2 Å². The zero-order valence-corrected chi connectivity index (χ0v) is 12.6. The summed E-state index contributed by atoms with van der Waals surface area (Å²) in [5, 5.41) is 0. The normalized spacial score (nSPS) is 11.2. The van der Waals surface area contributed by atoms with Crippen LogP contribution >= 0.6 is 0 Å². The standard InChI is InChI=1S/C16H25NO3/c1-4-19-15(18)6-5-11-20-14-9-7-13(8-10-14)12-16(2,3)17/h7-10H,4-6,11-12,17H2,1-3H3. The average molecular weight is 279 g/mol. The Morgan fingerprint density at radius 3 is 2.45 bits per heavy atom. The highest BCUT2D eigenvalue weighted by Gasteiger charge is 2.11. The Labute approximate surface area is 121 Å². The van der Waals surface area contributed by atoms with Crippen LogP contribution in [0.3, 0.4) is 0 Å². The minimum Gasteiger partial charge on any atom is -0.494 e. The van der Waals surface area contributed by atoms with Crippen molar-refractivity contribution in [3.05, 3.63) is 29.8 Å². The second kappa shape index (κ2) is 7.90. The van der Waals surface area contributed by atoms with E-state index < -0.39 is 0 Å². The van der Waals surface area contributed by atoms with Crippen molar-refractivity contribution in [3.63, 3.8) is 0 Å². The van der Waals surface area contributed by atoms with Crippen LogP contribution in [0.15, 0.2) is 24.3 Å². The van der Waals surface area contributed by atoms with Crippen molar-refractivity contribution in [3.8, 4) is 5.75 Å². The fraction of sp³-hybridized carbons (Fsp3) is 0.562. The van der Waals surface area contributed by atoms with Crippen LogP contribution in [0.25, 0.3) is 0 Å². The van der Waals surface area contributed by atoms with Gasteiger partial charge in [0.2, 0.25) is 0 Å². The van der Waals surface area contributed by atoms with E-state index in [1.165, 1.54) is 5.56 Å². The molecule has 0 fully saturated rings. The molecule has 0 heterocycles. The molecule has 4 nitrogen and oxygen atoms in total. The predicted octanol–water partition coefficient (Wildman–Crippen LogP) is 2.69. The lowest BCUT2D eigenvalue weighted by molar-refractivity contribution is -0.143. The smallest absolute Gasteiger partial charge is 0.305 e. The summed E-state index contributed by atoms with van der Waals surface area (Å²) < 4.78 is 10.4. The summed E-state index contributed by atoms with van der Waals surface area (Å²) in [5.74, 6) is 0.643. The first-order valence-electron chi connectivity index (χ1n) is 7.07. The van der Waals surface area contributed by atoms with Crippen LogP contribution in [-0.4, -0.2) is 24.7 Å². The molecule has 0 saturated heterocycles. The van der Waals surface area contributed by atoms with Crippen LogP contribution in [0.1, 0.15) is 39.2 Å². The van der Waals surface area contributed by atoms with Crippen LogP contribution in [0.5, 0.6) is 5.75 Å². The number of benzene rings is 1. The van der Waals surface area contributed by atoms with Crippen LogP contribution < -0.4 is 10.5 Å². The summed E-state index contributed by atoms with van der Waals surface area (Å²) in [5.41, 5.74) is 6.97. The Morgan fingerprint density at radius 1 is 1.25 bits per heavy atom. The van der Waals surface area contributed by atoms with Crippen LogP contribution in [-0.2, 0) is 16.0 Å². The fourth-order valence-corrected chi connectivity index (χ4v) is 1.87. The molecule has 0 atom stereocenters. The number of hydrogen-bond donors (Lipinski definition) is 1. The molecule has 20 heavy (non-hydrogen) atoms. The Bertz CT molecular complexity index is 407. The Hall–Kier alpha value is -1.55. The first-order chi connectivity index (χ1) is 9.40. The van der Waals surface area contributed by atoms with Crippen LogP contribution in [0.2, 0.25) is 0 Å². The van der Waals surface area contributed by atoms with Gasteiger partial charge in [0.25, 0.3) is 0 Å². The number of carbonyl (C=O) groups excluding carboxylic acids is 1. The highest BCUT2D eigenvalue weighted by Crippen LogP contribution is 2.16. The quantitative estimate of drug-likeness (QED) is 0.587. The van der Waals surface area contributed by atoms with Gasteiger partial charge in [-0.2, -0.15) is 0 Å². The highest BCUT2D eigenvalue weighted by molar-refractivity contribution is 5.69. The van der Waals surface area contributed by atoms with Crippen molar-refractivity contribution in [2.45, 2.75) is 45.6 Å². The summed E-state index contributed by atoms with van der Waals surface area (Å²) >= 11 is 0. The van der Waals surface area contributed by atoms with Crippen molar-refractivity contribution in [2.75, 3.05) is 13.2 Å². The number of ether oxygens (including phenoxy) is 2. The van der Waals surface area contributed by atoms with E-state index in [1.54, 1.807) is 6.92 Å². The first-order valence-corrected chi connectivity index (χ1v) is 7.07. The Kier molecular flexibility index (Phi) is 6.52. The van der Waals surface area contributed by atoms with Crippen LogP contribution in [0, 0.1) is 0 Å². The maximum absolute atomic E-state index is 11.1. The van der Waals surface area contributed by atoms with E-state index in [1.807, 2.05) is 38.1 Å².